The largest absolute Gasteiger partial charge is 0.434 e. The van der Waals surface area contributed by atoms with Crippen LogP contribution in [0, 0.1) is 0 Å². The van der Waals surface area contributed by atoms with E-state index in [4.69, 9.17) is 0 Å². The van der Waals surface area contributed by atoms with Gasteiger partial charge in [-0.25, -0.2) is 9.78 Å². The highest BCUT2D eigenvalue weighted by molar-refractivity contribution is 7.15. The minimum Gasteiger partial charge on any atom is -0.426 e. The predicted octanol–water partition coefficient (Wildman–Crippen LogP) is 3.61. The molecule has 192 valence electrons. The van der Waals surface area contributed by atoms with Crippen LogP contribution in [0.3, 0.4) is 0 Å². The molecule has 4 heterocycles. The van der Waals surface area contributed by atoms with Crippen LogP contribution < -0.4 is 10.2 Å². The number of likely N-dealkylation sites (tertiary alicyclic amines) is 2. The molecule has 34 heavy (non-hydrogen) atoms. The van der Waals surface area contributed by atoms with Gasteiger partial charge in [-0.1, -0.05) is 0 Å². The molecule has 3 saturated heterocycles. The van der Waals surface area contributed by atoms with E-state index in [1.54, 1.807) is 11.3 Å². The Morgan fingerprint density at radius 1 is 1.06 bits per heavy atom. The second-order valence-corrected chi connectivity index (χ2v) is 10.0. The van der Waals surface area contributed by atoms with Crippen LogP contribution in [-0.2, 0) is 11.3 Å². The van der Waals surface area contributed by atoms with Crippen molar-refractivity contribution < 1.29 is 35.9 Å². The molecule has 1 aromatic heterocycles. The van der Waals surface area contributed by atoms with Gasteiger partial charge in [0.1, 0.15) is 0 Å². The molecule has 0 unspecified atom stereocenters. The third-order valence-corrected chi connectivity index (χ3v) is 7.83. The minimum atomic E-state index is -5.72. The van der Waals surface area contributed by atoms with Gasteiger partial charge >= 0.3 is 18.4 Å². The Hall–Kier alpha value is -1.80. The summed E-state index contributed by atoms with van der Waals surface area (Å²) in [5, 5.41) is 4.28. The molecule has 3 fully saturated rings. The summed E-state index contributed by atoms with van der Waals surface area (Å²) in [6, 6.07) is 0. The lowest BCUT2D eigenvalue weighted by Crippen LogP contribution is -2.54. The van der Waals surface area contributed by atoms with Crippen LogP contribution in [0.1, 0.15) is 30.6 Å². The van der Waals surface area contributed by atoms with Crippen molar-refractivity contribution in [2.45, 2.75) is 56.2 Å². The summed E-state index contributed by atoms with van der Waals surface area (Å²) >= 11 is 1.64. The van der Waals surface area contributed by atoms with E-state index in [9.17, 15) is 31.1 Å². The van der Waals surface area contributed by atoms with Crippen LogP contribution in [0.25, 0.3) is 0 Å². The smallest absolute Gasteiger partial charge is 0.426 e. The number of piperazine rings is 1. The van der Waals surface area contributed by atoms with Gasteiger partial charge in [-0.05, 0) is 32.2 Å². The van der Waals surface area contributed by atoms with Crippen LogP contribution in [0.15, 0.2) is 6.20 Å². The second-order valence-electron chi connectivity index (χ2n) is 8.93. The molecule has 0 aliphatic carbocycles. The summed E-state index contributed by atoms with van der Waals surface area (Å²) in [5.74, 6) is 0. The van der Waals surface area contributed by atoms with Crippen molar-refractivity contribution in [2.75, 3.05) is 50.7 Å². The quantitative estimate of drug-likeness (QED) is 0.619. The molecule has 0 saturated carbocycles. The van der Waals surface area contributed by atoms with Crippen molar-refractivity contribution in [3.05, 3.63) is 11.1 Å². The van der Waals surface area contributed by atoms with E-state index < -0.39 is 24.5 Å². The Balaban J connectivity index is 1.34. The summed E-state index contributed by atoms with van der Waals surface area (Å²) in [4.78, 5) is 23.3. The fraction of sp³-hybridized carbons (Fsp3) is 0.800. The highest BCUT2D eigenvalue weighted by atomic mass is 32.1. The molecule has 0 radical (unpaired) electrons. The van der Waals surface area contributed by atoms with Gasteiger partial charge in [0, 0.05) is 62.4 Å². The first kappa shape index (κ1) is 25.3. The van der Waals surface area contributed by atoms with Crippen LogP contribution in [0.4, 0.5) is 36.3 Å². The molecule has 0 bridgehead atoms. The van der Waals surface area contributed by atoms with Crippen molar-refractivity contribution in [1.82, 2.24) is 20.1 Å². The van der Waals surface area contributed by atoms with Crippen molar-refractivity contribution in [1.29, 1.82) is 0 Å². The van der Waals surface area contributed by atoms with Crippen molar-refractivity contribution in [2.24, 2.45) is 0 Å². The molecule has 1 aromatic rings. The number of thiazole rings is 1. The van der Waals surface area contributed by atoms with Crippen LogP contribution >= 0.6 is 11.3 Å². The number of carbonyl (C=O) groups excluding carboxylic acids is 1. The monoisotopic (exact) mass is 515 g/mol. The molecule has 3 aliphatic rings. The van der Waals surface area contributed by atoms with Gasteiger partial charge in [0.05, 0.1) is 0 Å². The first-order valence-corrected chi connectivity index (χ1v) is 12.0. The number of hydrogen-bond acceptors (Lipinski definition) is 7. The number of anilines is 1. The number of alkyl halides is 6. The Kier molecular flexibility index (Phi) is 7.21. The van der Waals surface area contributed by atoms with E-state index in [-0.39, 0.29) is 18.6 Å². The standard InChI is InChI=1S/C20H27F6N5O2S/c21-19(22,23)15(20(24,25)26)33-17(32)30-8-3-18(4-9-30)2-1-7-31(18)13-14-12-28-16(34-14)29-10-5-27-6-11-29/h12,15,27H,1-11,13H2. The molecular formula is C20H27F6N5O2S. The fourth-order valence-corrected chi connectivity index (χ4v) is 5.95. The van der Waals surface area contributed by atoms with Gasteiger partial charge in [0.15, 0.2) is 5.13 Å². The SMILES string of the molecule is O=C(OC(C(F)(F)F)C(F)(F)F)N1CCC2(CCCN2Cc2cnc(N3CCNCC3)s2)CC1. The minimum absolute atomic E-state index is 0.0481. The lowest BCUT2D eigenvalue weighted by Gasteiger charge is -2.44. The van der Waals surface area contributed by atoms with Crippen molar-refractivity contribution >= 4 is 22.6 Å². The summed E-state index contributed by atoms with van der Waals surface area (Å²) in [6.45, 7) is 5.24. The summed E-state index contributed by atoms with van der Waals surface area (Å²) in [6.07, 6.45) is -12.5. The average Bonchev–Trinajstić information content (AvgIpc) is 3.39. The molecule has 1 N–H and O–H groups in total. The number of rotatable bonds is 4. The molecule has 7 nitrogen and oxygen atoms in total. The van der Waals surface area contributed by atoms with E-state index in [0.29, 0.717) is 19.4 Å². The Bertz CT molecular complexity index is 835. The Morgan fingerprint density at radius 2 is 1.71 bits per heavy atom. The van der Waals surface area contributed by atoms with Gasteiger partial charge in [-0.15, -0.1) is 11.3 Å². The number of piperidine rings is 1. The van der Waals surface area contributed by atoms with E-state index in [0.717, 1.165) is 60.5 Å². The molecule has 14 heteroatoms. The van der Waals surface area contributed by atoms with E-state index >= 15 is 0 Å². The summed E-state index contributed by atoms with van der Waals surface area (Å²) < 4.78 is 80.2. The Morgan fingerprint density at radius 3 is 2.32 bits per heavy atom. The van der Waals surface area contributed by atoms with E-state index in [2.05, 4.69) is 24.8 Å². The molecule has 0 aromatic carbocycles. The number of ether oxygens (including phenoxy) is 1. The average molecular weight is 516 g/mol. The second kappa shape index (κ2) is 9.69. The van der Waals surface area contributed by atoms with Crippen molar-refractivity contribution in [3.8, 4) is 0 Å². The van der Waals surface area contributed by atoms with Gasteiger partial charge in [-0.2, -0.15) is 26.3 Å². The Labute approximate surface area is 197 Å². The third kappa shape index (κ3) is 5.54. The maximum absolute atomic E-state index is 12.7. The van der Waals surface area contributed by atoms with Crippen LogP contribution in [-0.4, -0.2) is 90.7 Å². The first-order valence-electron chi connectivity index (χ1n) is 11.2. The lowest BCUT2D eigenvalue weighted by molar-refractivity contribution is -0.308. The molecule has 0 atom stereocenters. The summed E-state index contributed by atoms with van der Waals surface area (Å²) in [7, 11) is 0. The van der Waals surface area contributed by atoms with Crippen molar-refractivity contribution in [3.63, 3.8) is 0 Å². The topological polar surface area (TPSA) is 60.9 Å². The summed E-state index contributed by atoms with van der Waals surface area (Å²) in [5.41, 5.74) is -0.233. The number of nitrogens with one attached hydrogen (secondary N) is 1. The molecule has 1 spiro atoms. The van der Waals surface area contributed by atoms with Gasteiger partial charge in [0.25, 0.3) is 6.10 Å². The number of hydrogen-bond donors (Lipinski definition) is 1. The van der Waals surface area contributed by atoms with Gasteiger partial charge in [0.2, 0.25) is 0 Å². The number of amides is 1. The van der Waals surface area contributed by atoms with E-state index in [1.165, 1.54) is 0 Å². The van der Waals surface area contributed by atoms with Gasteiger partial charge in [-0.3, -0.25) is 4.90 Å². The maximum Gasteiger partial charge on any atom is 0.434 e. The number of nitrogens with zero attached hydrogens (tertiary/aromatic N) is 4. The molecule has 4 rings (SSSR count). The fourth-order valence-electron chi connectivity index (χ4n) is 4.97. The highest BCUT2D eigenvalue weighted by Gasteiger charge is 2.60. The third-order valence-electron chi connectivity index (χ3n) is 6.78. The maximum atomic E-state index is 12.7. The zero-order valence-corrected chi connectivity index (χ0v) is 19.2. The number of aromatic nitrogens is 1. The van der Waals surface area contributed by atoms with Gasteiger partial charge < -0.3 is 19.9 Å². The van der Waals surface area contributed by atoms with E-state index in [1.807, 2.05) is 6.20 Å². The number of halogens is 6. The molecular weight excluding hydrogens is 488 g/mol. The first-order chi connectivity index (χ1) is 16.0. The zero-order valence-electron chi connectivity index (χ0n) is 18.4. The predicted molar refractivity (Wildman–Crippen MR) is 113 cm³/mol. The molecule has 3 aliphatic heterocycles. The van der Waals surface area contributed by atoms with Crippen LogP contribution in [0.5, 0.6) is 0 Å². The number of carbonyl (C=O) groups is 1. The molecule has 1 amide bonds. The lowest BCUT2D eigenvalue weighted by atomic mass is 9.85. The zero-order chi connectivity index (χ0) is 24.6. The van der Waals surface area contributed by atoms with Crippen LogP contribution in [0.2, 0.25) is 0 Å². The normalized spacial score (nSPS) is 22.1. The highest BCUT2D eigenvalue weighted by Crippen LogP contribution is 2.41.